The van der Waals surface area contributed by atoms with Crippen LogP contribution in [0.1, 0.15) is 21.6 Å². The number of benzene rings is 1. The molecule has 0 aliphatic rings. The molecule has 0 fully saturated rings. The summed E-state index contributed by atoms with van der Waals surface area (Å²) in [5, 5.41) is 12.2. The van der Waals surface area contributed by atoms with Crippen LogP contribution in [0.15, 0.2) is 53.2 Å². The van der Waals surface area contributed by atoms with Gasteiger partial charge < -0.3 is 5.32 Å². The molecule has 5 nitrogen and oxygen atoms in total. The van der Waals surface area contributed by atoms with Gasteiger partial charge in [0.05, 0.1) is 16.3 Å². The predicted octanol–water partition coefficient (Wildman–Crippen LogP) is 4.93. The van der Waals surface area contributed by atoms with Gasteiger partial charge in [0.2, 0.25) is 5.13 Å². The Kier molecular flexibility index (Phi) is 4.40. The van der Waals surface area contributed by atoms with Crippen molar-refractivity contribution in [1.29, 1.82) is 0 Å². The van der Waals surface area contributed by atoms with E-state index in [0.29, 0.717) is 11.4 Å². The molecule has 4 aromatic rings. The number of aryl methyl sites for hydroxylation is 2. The normalized spacial score (nSPS) is 10.8. The number of nitrogens with zero attached hydrogens (tertiary/aromatic N) is 3. The van der Waals surface area contributed by atoms with E-state index >= 15 is 0 Å². The average molecular weight is 380 g/mol. The summed E-state index contributed by atoms with van der Waals surface area (Å²) in [6, 6.07) is 13.4. The molecule has 26 heavy (non-hydrogen) atoms. The van der Waals surface area contributed by atoms with Gasteiger partial charge in [0, 0.05) is 17.0 Å². The highest BCUT2D eigenvalue weighted by Gasteiger charge is 2.16. The van der Waals surface area contributed by atoms with Crippen LogP contribution >= 0.6 is 22.7 Å². The Bertz CT molecular complexity index is 1060. The molecule has 0 saturated heterocycles. The van der Waals surface area contributed by atoms with Crippen LogP contribution in [0.3, 0.4) is 0 Å². The molecule has 0 spiro atoms. The number of hydrogen-bond donors (Lipinski definition) is 1. The average Bonchev–Trinajstić information content (AvgIpc) is 3.35. The van der Waals surface area contributed by atoms with Crippen molar-refractivity contribution < 1.29 is 4.79 Å². The Morgan fingerprint density at radius 2 is 1.96 bits per heavy atom. The molecule has 1 amide bonds. The lowest BCUT2D eigenvalue weighted by Crippen LogP contribution is -2.16. The summed E-state index contributed by atoms with van der Waals surface area (Å²) in [5.41, 5.74) is 3.32. The van der Waals surface area contributed by atoms with Crippen molar-refractivity contribution in [2.45, 2.75) is 13.8 Å². The summed E-state index contributed by atoms with van der Waals surface area (Å²) < 4.78 is 1.69. The van der Waals surface area contributed by atoms with E-state index in [9.17, 15) is 4.79 Å². The molecule has 0 aliphatic heterocycles. The predicted molar refractivity (Wildman–Crippen MR) is 106 cm³/mol. The van der Waals surface area contributed by atoms with Crippen molar-refractivity contribution in [3.63, 3.8) is 0 Å². The monoisotopic (exact) mass is 380 g/mol. The zero-order chi connectivity index (χ0) is 18.1. The minimum absolute atomic E-state index is 0.153. The fraction of sp³-hybridized carbons (Fsp3) is 0.105. The topological polar surface area (TPSA) is 59.8 Å². The molecule has 0 atom stereocenters. The van der Waals surface area contributed by atoms with Crippen LogP contribution in [-0.4, -0.2) is 20.7 Å². The van der Waals surface area contributed by atoms with Gasteiger partial charge in [-0.3, -0.25) is 4.79 Å². The van der Waals surface area contributed by atoms with Crippen molar-refractivity contribution in [3.05, 3.63) is 70.0 Å². The van der Waals surface area contributed by atoms with Gasteiger partial charge in [-0.2, -0.15) is 9.78 Å². The number of amides is 1. The highest BCUT2D eigenvalue weighted by Crippen LogP contribution is 2.29. The Balaban J connectivity index is 1.65. The third-order valence-electron chi connectivity index (χ3n) is 3.91. The quantitative estimate of drug-likeness (QED) is 0.546. The number of aromatic nitrogens is 3. The summed E-state index contributed by atoms with van der Waals surface area (Å²) in [6.45, 7) is 3.82. The Hall–Kier alpha value is -2.77. The molecule has 130 valence electrons. The molecule has 1 N–H and O–H groups in total. The van der Waals surface area contributed by atoms with Crippen LogP contribution in [0.2, 0.25) is 0 Å². The maximum absolute atomic E-state index is 12.7. The first-order chi connectivity index (χ1) is 12.6. The lowest BCUT2D eigenvalue weighted by molar-refractivity contribution is 0.102. The number of rotatable bonds is 4. The Morgan fingerprint density at radius 3 is 2.73 bits per heavy atom. The lowest BCUT2D eigenvalue weighted by Gasteiger charge is -2.08. The molecular weight excluding hydrogens is 364 g/mol. The number of hydrogen-bond acceptors (Lipinski definition) is 5. The van der Waals surface area contributed by atoms with E-state index in [1.165, 1.54) is 11.3 Å². The molecule has 7 heteroatoms. The van der Waals surface area contributed by atoms with E-state index in [-0.39, 0.29) is 5.91 Å². The van der Waals surface area contributed by atoms with E-state index in [1.54, 1.807) is 16.0 Å². The van der Waals surface area contributed by atoms with E-state index in [1.807, 2.05) is 67.1 Å². The third-order valence-corrected chi connectivity index (χ3v) is 5.62. The highest BCUT2D eigenvalue weighted by atomic mass is 32.1. The summed E-state index contributed by atoms with van der Waals surface area (Å²) in [7, 11) is 0. The largest absolute Gasteiger partial charge is 0.306 e. The molecule has 0 aliphatic carbocycles. The lowest BCUT2D eigenvalue weighted by atomic mass is 10.1. The second kappa shape index (κ2) is 6.86. The van der Waals surface area contributed by atoms with Crippen LogP contribution in [0, 0.1) is 13.8 Å². The van der Waals surface area contributed by atoms with Crippen LogP contribution < -0.4 is 5.32 Å². The van der Waals surface area contributed by atoms with Crippen LogP contribution in [0.5, 0.6) is 0 Å². The van der Waals surface area contributed by atoms with Gasteiger partial charge in [-0.15, -0.1) is 22.7 Å². The molecule has 0 radical (unpaired) electrons. The van der Waals surface area contributed by atoms with E-state index in [4.69, 9.17) is 0 Å². The van der Waals surface area contributed by atoms with Crippen LogP contribution in [0.25, 0.3) is 15.7 Å². The van der Waals surface area contributed by atoms with Crippen molar-refractivity contribution in [2.75, 3.05) is 5.32 Å². The summed E-state index contributed by atoms with van der Waals surface area (Å²) >= 11 is 3.15. The molecule has 4 rings (SSSR count). The standard InChI is InChI=1S/C19H16N4OS2/c1-12-6-3-4-7-14(12)18(24)21-17-10-13(2)22-23(17)19-20-15(11-26-19)16-8-5-9-25-16/h3-11H,1-2H3,(H,21,24). The second-order valence-corrected chi connectivity index (χ2v) is 7.63. The number of nitrogens with one attached hydrogen (secondary N) is 1. The first-order valence-corrected chi connectivity index (χ1v) is 9.81. The van der Waals surface area contributed by atoms with E-state index in [2.05, 4.69) is 15.4 Å². The number of anilines is 1. The summed E-state index contributed by atoms with van der Waals surface area (Å²) in [4.78, 5) is 18.4. The van der Waals surface area contributed by atoms with E-state index in [0.717, 1.165) is 27.0 Å². The van der Waals surface area contributed by atoms with Gasteiger partial charge in [-0.25, -0.2) is 4.98 Å². The Morgan fingerprint density at radius 1 is 1.12 bits per heavy atom. The van der Waals surface area contributed by atoms with Crippen molar-refractivity contribution in [3.8, 4) is 15.7 Å². The van der Waals surface area contributed by atoms with Gasteiger partial charge in [-0.1, -0.05) is 24.3 Å². The number of carbonyl (C=O) groups excluding carboxylic acids is 1. The zero-order valence-electron chi connectivity index (χ0n) is 14.3. The molecule has 3 heterocycles. The highest BCUT2D eigenvalue weighted by molar-refractivity contribution is 7.15. The summed E-state index contributed by atoms with van der Waals surface area (Å²) in [5.74, 6) is 0.460. The van der Waals surface area contributed by atoms with Crippen molar-refractivity contribution in [1.82, 2.24) is 14.8 Å². The molecule has 3 aromatic heterocycles. The fourth-order valence-corrected chi connectivity index (χ4v) is 4.19. The molecule has 0 saturated carbocycles. The number of thiophene rings is 1. The smallest absolute Gasteiger partial charge is 0.257 e. The first-order valence-electron chi connectivity index (χ1n) is 8.05. The van der Waals surface area contributed by atoms with Crippen molar-refractivity contribution >= 4 is 34.4 Å². The molecule has 0 bridgehead atoms. The van der Waals surface area contributed by atoms with Gasteiger partial charge in [0.1, 0.15) is 5.82 Å². The van der Waals surface area contributed by atoms with E-state index < -0.39 is 0 Å². The molecular formula is C19H16N4OS2. The zero-order valence-corrected chi connectivity index (χ0v) is 15.9. The number of carbonyl (C=O) groups is 1. The second-order valence-electron chi connectivity index (χ2n) is 5.84. The maximum atomic E-state index is 12.7. The minimum atomic E-state index is -0.153. The van der Waals surface area contributed by atoms with Crippen LogP contribution in [-0.2, 0) is 0 Å². The first kappa shape index (κ1) is 16.7. The van der Waals surface area contributed by atoms with Gasteiger partial charge in [0.25, 0.3) is 5.91 Å². The van der Waals surface area contributed by atoms with Crippen LogP contribution in [0.4, 0.5) is 5.82 Å². The van der Waals surface area contributed by atoms with Crippen molar-refractivity contribution in [2.24, 2.45) is 0 Å². The van der Waals surface area contributed by atoms with Gasteiger partial charge >= 0.3 is 0 Å². The van der Waals surface area contributed by atoms with Gasteiger partial charge in [0.15, 0.2) is 0 Å². The maximum Gasteiger partial charge on any atom is 0.257 e. The molecule has 0 unspecified atom stereocenters. The summed E-state index contributed by atoms with van der Waals surface area (Å²) in [6.07, 6.45) is 0. The Labute approximate surface area is 159 Å². The van der Waals surface area contributed by atoms with Gasteiger partial charge in [-0.05, 0) is 36.9 Å². The minimum Gasteiger partial charge on any atom is -0.306 e. The SMILES string of the molecule is Cc1cc(NC(=O)c2ccccc2C)n(-c2nc(-c3cccs3)cs2)n1. The molecule has 1 aromatic carbocycles. The third kappa shape index (κ3) is 3.18. The number of thiazole rings is 1. The fourth-order valence-electron chi connectivity index (χ4n) is 2.64.